The summed E-state index contributed by atoms with van der Waals surface area (Å²) >= 11 is 0. The molecule has 1 heterocycles. The third kappa shape index (κ3) is 4.23. The molecule has 184 valence electrons. The standard InChI is InChI=1S/C29H23N3O5/c1-18-12-13-25(19(2)16-18)30(27(33)21-8-3-9-22(17-21)32(36)37)14-15-31-28(34)23-10-4-6-20-7-5-11-24(26(20)23)29(31)35/h3-13,16-17H,14-15H2,1-2H3. The SMILES string of the molecule is Cc1ccc(N(CCN2C(=O)c3cccc4cccc(c34)C2=O)C(=O)c2cccc([N+](=O)[O-])c2)c(C)c1. The van der Waals surface area contributed by atoms with Crippen molar-refractivity contribution in [2.45, 2.75) is 13.8 Å². The molecule has 0 spiro atoms. The molecule has 0 unspecified atom stereocenters. The van der Waals surface area contributed by atoms with Gasteiger partial charge in [-0.2, -0.15) is 0 Å². The predicted octanol–water partition coefficient (Wildman–Crippen LogP) is 5.31. The number of hydrogen-bond acceptors (Lipinski definition) is 5. The molecule has 4 aromatic carbocycles. The van der Waals surface area contributed by atoms with E-state index in [0.29, 0.717) is 22.2 Å². The summed E-state index contributed by atoms with van der Waals surface area (Å²) < 4.78 is 0. The number of benzene rings is 4. The van der Waals surface area contributed by atoms with Gasteiger partial charge in [-0.25, -0.2) is 0 Å². The van der Waals surface area contributed by atoms with Crippen LogP contribution in [0.15, 0.2) is 78.9 Å². The fraction of sp³-hybridized carbons (Fsp3) is 0.138. The summed E-state index contributed by atoms with van der Waals surface area (Å²) in [5, 5.41) is 12.7. The van der Waals surface area contributed by atoms with Crippen molar-refractivity contribution in [3.05, 3.63) is 117 Å². The van der Waals surface area contributed by atoms with Gasteiger partial charge in [0, 0.05) is 53.0 Å². The van der Waals surface area contributed by atoms with E-state index in [1.807, 2.05) is 38.1 Å². The normalized spacial score (nSPS) is 12.6. The molecule has 3 amide bonds. The quantitative estimate of drug-likeness (QED) is 0.206. The molecule has 0 radical (unpaired) electrons. The van der Waals surface area contributed by atoms with E-state index in [4.69, 9.17) is 0 Å². The van der Waals surface area contributed by atoms with Gasteiger partial charge in [-0.15, -0.1) is 0 Å². The molecule has 0 atom stereocenters. The van der Waals surface area contributed by atoms with Crippen molar-refractivity contribution in [3.8, 4) is 0 Å². The zero-order valence-corrected chi connectivity index (χ0v) is 20.3. The molecule has 0 aromatic heterocycles. The van der Waals surface area contributed by atoms with Crippen molar-refractivity contribution in [3.63, 3.8) is 0 Å². The van der Waals surface area contributed by atoms with Crippen LogP contribution in [0.3, 0.4) is 0 Å². The highest BCUT2D eigenvalue weighted by Gasteiger charge is 2.33. The van der Waals surface area contributed by atoms with Gasteiger partial charge in [0.1, 0.15) is 0 Å². The predicted molar refractivity (Wildman–Crippen MR) is 140 cm³/mol. The molecule has 0 fully saturated rings. The van der Waals surface area contributed by atoms with Gasteiger partial charge < -0.3 is 4.90 Å². The second-order valence-electron chi connectivity index (χ2n) is 9.03. The first-order valence-corrected chi connectivity index (χ1v) is 11.8. The Morgan fingerprint density at radius 2 is 1.54 bits per heavy atom. The van der Waals surface area contributed by atoms with Crippen molar-refractivity contribution >= 4 is 39.9 Å². The van der Waals surface area contributed by atoms with E-state index >= 15 is 0 Å². The number of anilines is 1. The Hall–Kier alpha value is -4.85. The number of nitro groups is 1. The molecule has 0 N–H and O–H groups in total. The van der Waals surface area contributed by atoms with Crippen LogP contribution in [0.25, 0.3) is 10.8 Å². The Morgan fingerprint density at radius 3 is 2.16 bits per heavy atom. The molecule has 0 aliphatic carbocycles. The molecule has 5 rings (SSSR count). The zero-order valence-electron chi connectivity index (χ0n) is 20.3. The van der Waals surface area contributed by atoms with Gasteiger partial charge in [0.15, 0.2) is 0 Å². The molecule has 1 aliphatic rings. The summed E-state index contributed by atoms with van der Waals surface area (Å²) in [7, 11) is 0. The second kappa shape index (κ2) is 9.31. The molecule has 37 heavy (non-hydrogen) atoms. The van der Waals surface area contributed by atoms with E-state index in [1.54, 1.807) is 30.3 Å². The monoisotopic (exact) mass is 493 g/mol. The molecule has 0 saturated carbocycles. The number of rotatable bonds is 6. The Morgan fingerprint density at radius 1 is 0.892 bits per heavy atom. The average molecular weight is 494 g/mol. The van der Waals surface area contributed by atoms with Crippen LogP contribution in [-0.2, 0) is 0 Å². The van der Waals surface area contributed by atoms with Gasteiger partial charge in [0.05, 0.1) is 4.92 Å². The summed E-state index contributed by atoms with van der Waals surface area (Å²) in [5.41, 5.74) is 3.26. The van der Waals surface area contributed by atoms with E-state index in [2.05, 4.69) is 0 Å². The summed E-state index contributed by atoms with van der Waals surface area (Å²) in [4.78, 5) is 53.7. The molecule has 1 aliphatic heterocycles. The van der Waals surface area contributed by atoms with Crippen molar-refractivity contribution in [1.82, 2.24) is 4.90 Å². The van der Waals surface area contributed by atoms with Crippen LogP contribution >= 0.6 is 0 Å². The smallest absolute Gasteiger partial charge is 0.270 e. The van der Waals surface area contributed by atoms with Crippen molar-refractivity contribution in [2.75, 3.05) is 18.0 Å². The highest BCUT2D eigenvalue weighted by molar-refractivity contribution is 6.25. The van der Waals surface area contributed by atoms with Crippen LogP contribution in [0, 0.1) is 24.0 Å². The lowest BCUT2D eigenvalue weighted by molar-refractivity contribution is -0.384. The second-order valence-corrected chi connectivity index (χ2v) is 9.03. The van der Waals surface area contributed by atoms with Gasteiger partial charge in [0.25, 0.3) is 23.4 Å². The number of hydrogen-bond donors (Lipinski definition) is 0. The summed E-state index contributed by atoms with van der Waals surface area (Å²) in [6, 6.07) is 21.8. The first kappa shape index (κ1) is 23.9. The number of amides is 3. The van der Waals surface area contributed by atoms with E-state index in [-0.39, 0.29) is 24.3 Å². The maximum absolute atomic E-state index is 13.7. The third-order valence-corrected chi connectivity index (χ3v) is 6.60. The van der Waals surface area contributed by atoms with Gasteiger partial charge in [-0.05, 0) is 49.1 Å². The highest BCUT2D eigenvalue weighted by atomic mass is 16.6. The molecular weight excluding hydrogens is 470 g/mol. The largest absolute Gasteiger partial charge is 0.306 e. The number of nitro benzene ring substituents is 1. The molecule has 8 nitrogen and oxygen atoms in total. The minimum atomic E-state index is -0.554. The third-order valence-electron chi connectivity index (χ3n) is 6.60. The number of non-ortho nitro benzene ring substituents is 1. The van der Waals surface area contributed by atoms with Gasteiger partial charge in [0.2, 0.25) is 0 Å². The van der Waals surface area contributed by atoms with Gasteiger partial charge in [-0.1, -0.05) is 48.0 Å². The number of imide groups is 1. The first-order chi connectivity index (χ1) is 17.8. The van der Waals surface area contributed by atoms with E-state index in [9.17, 15) is 24.5 Å². The maximum atomic E-state index is 13.7. The maximum Gasteiger partial charge on any atom is 0.270 e. The summed E-state index contributed by atoms with van der Waals surface area (Å²) in [6.45, 7) is 3.77. The van der Waals surface area contributed by atoms with Crippen molar-refractivity contribution < 1.29 is 19.3 Å². The van der Waals surface area contributed by atoms with Gasteiger partial charge in [-0.3, -0.25) is 29.4 Å². The minimum Gasteiger partial charge on any atom is -0.306 e. The number of nitrogens with zero attached hydrogens (tertiary/aromatic N) is 3. The number of carbonyl (C=O) groups excluding carboxylic acids is 3. The van der Waals surface area contributed by atoms with Crippen LogP contribution in [0.5, 0.6) is 0 Å². The Kier molecular flexibility index (Phi) is 6.01. The van der Waals surface area contributed by atoms with Crippen LogP contribution < -0.4 is 4.90 Å². The fourth-order valence-corrected chi connectivity index (χ4v) is 4.83. The van der Waals surface area contributed by atoms with Crippen LogP contribution in [0.2, 0.25) is 0 Å². The van der Waals surface area contributed by atoms with E-state index in [1.165, 1.54) is 29.2 Å². The Bertz CT molecular complexity index is 1560. The molecule has 0 bridgehead atoms. The molecular formula is C29H23N3O5. The summed E-state index contributed by atoms with van der Waals surface area (Å²) in [5.74, 6) is -1.30. The molecule has 8 heteroatoms. The van der Waals surface area contributed by atoms with Crippen LogP contribution in [0.1, 0.15) is 42.2 Å². The number of aryl methyl sites for hydroxylation is 2. The lowest BCUT2D eigenvalue weighted by atomic mass is 9.94. The van der Waals surface area contributed by atoms with Crippen LogP contribution in [-0.4, -0.2) is 40.6 Å². The molecule has 0 saturated heterocycles. The highest BCUT2D eigenvalue weighted by Crippen LogP contribution is 2.30. The lowest BCUT2D eigenvalue weighted by Gasteiger charge is -2.31. The number of carbonyl (C=O) groups is 3. The summed E-state index contributed by atoms with van der Waals surface area (Å²) in [6.07, 6.45) is 0. The van der Waals surface area contributed by atoms with Crippen LogP contribution in [0.4, 0.5) is 11.4 Å². The Labute approximate surface area is 212 Å². The van der Waals surface area contributed by atoms with E-state index < -0.39 is 22.6 Å². The Balaban J connectivity index is 1.50. The average Bonchev–Trinajstić information content (AvgIpc) is 2.89. The zero-order chi connectivity index (χ0) is 26.3. The molecule has 4 aromatic rings. The topological polar surface area (TPSA) is 101 Å². The fourth-order valence-electron chi connectivity index (χ4n) is 4.83. The van der Waals surface area contributed by atoms with Crippen molar-refractivity contribution in [2.24, 2.45) is 0 Å². The minimum absolute atomic E-state index is 0.0149. The van der Waals surface area contributed by atoms with Crippen molar-refractivity contribution in [1.29, 1.82) is 0 Å². The van der Waals surface area contributed by atoms with E-state index in [0.717, 1.165) is 21.4 Å². The first-order valence-electron chi connectivity index (χ1n) is 11.8. The van der Waals surface area contributed by atoms with Gasteiger partial charge >= 0.3 is 0 Å². The lowest BCUT2D eigenvalue weighted by Crippen LogP contribution is -2.46.